The first-order valence-corrected chi connectivity index (χ1v) is 8.89. The molecule has 0 fully saturated rings. The van der Waals surface area contributed by atoms with Crippen LogP contribution in [-0.2, 0) is 4.74 Å². The molecule has 6 heteroatoms. The van der Waals surface area contributed by atoms with Crippen LogP contribution in [0.1, 0.15) is 9.67 Å². The third kappa shape index (κ3) is 2.64. The number of esters is 1. The minimum Gasteiger partial charge on any atom is -0.497 e. The number of hydrogen-bond acceptors (Lipinski definition) is 5. The van der Waals surface area contributed by atoms with E-state index in [1.807, 2.05) is 64.5 Å². The monoisotopic (exact) mass is 364 g/mol. The highest BCUT2D eigenvalue weighted by Crippen LogP contribution is 2.33. The van der Waals surface area contributed by atoms with Gasteiger partial charge in [-0.25, -0.2) is 9.78 Å². The average molecular weight is 364 g/mol. The Kier molecular flexibility index (Phi) is 4.18. The first-order chi connectivity index (χ1) is 12.7. The maximum absolute atomic E-state index is 12.1. The van der Waals surface area contributed by atoms with Crippen molar-refractivity contribution in [2.75, 3.05) is 14.2 Å². The number of para-hydroxylation sites is 2. The van der Waals surface area contributed by atoms with Crippen molar-refractivity contribution in [1.82, 2.24) is 9.55 Å². The molecular formula is C20H16N2O3S. The quantitative estimate of drug-likeness (QED) is 0.499. The zero-order valence-corrected chi connectivity index (χ0v) is 15.1. The molecular weight excluding hydrogens is 348 g/mol. The van der Waals surface area contributed by atoms with E-state index in [1.165, 1.54) is 18.4 Å². The second-order valence-corrected chi connectivity index (χ2v) is 6.53. The van der Waals surface area contributed by atoms with Crippen molar-refractivity contribution >= 4 is 28.3 Å². The molecule has 0 saturated heterocycles. The predicted molar refractivity (Wildman–Crippen MR) is 102 cm³/mol. The molecule has 0 atom stereocenters. The molecule has 5 nitrogen and oxygen atoms in total. The Labute approximate surface area is 154 Å². The predicted octanol–water partition coefficient (Wildman–Crippen LogP) is 4.55. The topological polar surface area (TPSA) is 53.3 Å². The third-order valence-electron chi connectivity index (χ3n) is 4.17. The Morgan fingerprint density at radius 3 is 2.54 bits per heavy atom. The molecule has 26 heavy (non-hydrogen) atoms. The van der Waals surface area contributed by atoms with Gasteiger partial charge < -0.3 is 9.47 Å². The zero-order chi connectivity index (χ0) is 18.1. The van der Waals surface area contributed by atoms with Gasteiger partial charge in [0, 0.05) is 11.3 Å². The lowest BCUT2D eigenvalue weighted by molar-refractivity contribution is 0.0607. The number of hydrogen-bond donors (Lipinski definition) is 0. The summed E-state index contributed by atoms with van der Waals surface area (Å²) in [6.45, 7) is 0. The number of carbonyl (C=O) groups is 1. The summed E-state index contributed by atoms with van der Waals surface area (Å²) in [5.74, 6) is 1.13. The molecule has 0 aliphatic rings. The lowest BCUT2D eigenvalue weighted by Gasteiger charge is -2.10. The van der Waals surface area contributed by atoms with Crippen LogP contribution in [0.25, 0.3) is 28.1 Å². The summed E-state index contributed by atoms with van der Waals surface area (Å²) in [5, 5.41) is 1.87. The number of rotatable bonds is 4. The van der Waals surface area contributed by atoms with E-state index in [9.17, 15) is 4.79 Å². The van der Waals surface area contributed by atoms with Gasteiger partial charge in [-0.05, 0) is 47.8 Å². The Balaban J connectivity index is 1.98. The molecule has 0 aliphatic heterocycles. The molecule has 4 aromatic rings. The highest BCUT2D eigenvalue weighted by molar-refractivity contribution is 7.12. The maximum Gasteiger partial charge on any atom is 0.348 e. The zero-order valence-electron chi connectivity index (χ0n) is 14.3. The molecule has 0 bridgehead atoms. The summed E-state index contributed by atoms with van der Waals surface area (Å²) in [6.07, 6.45) is 0. The van der Waals surface area contributed by atoms with Crippen LogP contribution in [0.3, 0.4) is 0 Å². The fourth-order valence-electron chi connectivity index (χ4n) is 2.94. The van der Waals surface area contributed by atoms with Gasteiger partial charge in [-0.2, -0.15) is 0 Å². The van der Waals surface area contributed by atoms with Gasteiger partial charge in [-0.3, -0.25) is 4.57 Å². The number of imidazole rings is 1. The van der Waals surface area contributed by atoms with Crippen molar-refractivity contribution in [1.29, 1.82) is 0 Å². The van der Waals surface area contributed by atoms with Gasteiger partial charge in [0.15, 0.2) is 0 Å². The van der Waals surface area contributed by atoms with Crippen molar-refractivity contribution in [3.05, 3.63) is 64.9 Å². The van der Waals surface area contributed by atoms with Crippen molar-refractivity contribution < 1.29 is 14.3 Å². The Hall–Kier alpha value is -3.12. The minimum absolute atomic E-state index is 0.358. The lowest BCUT2D eigenvalue weighted by Crippen LogP contribution is -2.03. The Morgan fingerprint density at radius 2 is 1.81 bits per heavy atom. The SMILES string of the molecule is COC(=O)c1sccc1-c1nc2ccccc2n1-c1ccc(OC)cc1. The number of aromatic nitrogens is 2. The van der Waals surface area contributed by atoms with Gasteiger partial charge in [-0.15, -0.1) is 11.3 Å². The largest absolute Gasteiger partial charge is 0.497 e. The number of thiophene rings is 1. The normalized spacial score (nSPS) is 10.8. The van der Waals surface area contributed by atoms with Gasteiger partial charge in [0.2, 0.25) is 0 Å². The van der Waals surface area contributed by atoms with E-state index in [2.05, 4.69) is 0 Å². The molecule has 0 N–H and O–H groups in total. The van der Waals surface area contributed by atoms with Crippen LogP contribution in [0.4, 0.5) is 0 Å². The summed E-state index contributed by atoms with van der Waals surface area (Å²) < 4.78 is 12.2. The van der Waals surface area contributed by atoms with E-state index in [0.29, 0.717) is 10.7 Å². The fraction of sp³-hybridized carbons (Fsp3) is 0.100. The summed E-state index contributed by atoms with van der Waals surface area (Å²) in [4.78, 5) is 17.5. The third-order valence-corrected chi connectivity index (χ3v) is 5.06. The van der Waals surface area contributed by atoms with E-state index in [1.54, 1.807) is 7.11 Å². The molecule has 130 valence electrons. The van der Waals surface area contributed by atoms with Crippen LogP contribution in [0.15, 0.2) is 60.0 Å². The molecule has 0 radical (unpaired) electrons. The number of methoxy groups -OCH3 is 2. The summed E-state index contributed by atoms with van der Waals surface area (Å²) in [6, 6.07) is 17.6. The van der Waals surface area contributed by atoms with E-state index in [-0.39, 0.29) is 5.97 Å². The van der Waals surface area contributed by atoms with Crippen molar-refractivity contribution in [2.24, 2.45) is 0 Å². The van der Waals surface area contributed by atoms with Gasteiger partial charge in [0.05, 0.1) is 25.3 Å². The smallest absolute Gasteiger partial charge is 0.348 e. The van der Waals surface area contributed by atoms with Crippen LogP contribution in [0.5, 0.6) is 5.75 Å². The molecule has 2 heterocycles. The van der Waals surface area contributed by atoms with Crippen LogP contribution in [0.2, 0.25) is 0 Å². The molecule has 0 saturated carbocycles. The van der Waals surface area contributed by atoms with E-state index >= 15 is 0 Å². The van der Waals surface area contributed by atoms with Crippen molar-refractivity contribution in [3.8, 4) is 22.8 Å². The van der Waals surface area contributed by atoms with Crippen LogP contribution in [0, 0.1) is 0 Å². The molecule has 0 amide bonds. The Bertz CT molecular complexity index is 1080. The van der Waals surface area contributed by atoms with Gasteiger partial charge in [0.25, 0.3) is 0 Å². The Morgan fingerprint density at radius 1 is 1.04 bits per heavy atom. The van der Waals surface area contributed by atoms with Crippen molar-refractivity contribution in [2.45, 2.75) is 0 Å². The van der Waals surface area contributed by atoms with Gasteiger partial charge in [0.1, 0.15) is 16.5 Å². The van der Waals surface area contributed by atoms with Crippen molar-refractivity contribution in [3.63, 3.8) is 0 Å². The highest BCUT2D eigenvalue weighted by Gasteiger charge is 2.21. The fourth-order valence-corrected chi connectivity index (χ4v) is 3.74. The number of ether oxygens (including phenoxy) is 2. The van der Waals surface area contributed by atoms with Crippen LogP contribution in [-0.4, -0.2) is 29.7 Å². The number of nitrogens with zero attached hydrogens (tertiary/aromatic N) is 2. The number of carbonyl (C=O) groups excluding carboxylic acids is 1. The highest BCUT2D eigenvalue weighted by atomic mass is 32.1. The van der Waals surface area contributed by atoms with Crippen LogP contribution >= 0.6 is 11.3 Å². The number of benzene rings is 2. The van der Waals surface area contributed by atoms with Gasteiger partial charge in [-0.1, -0.05) is 12.1 Å². The first-order valence-electron chi connectivity index (χ1n) is 8.01. The summed E-state index contributed by atoms with van der Waals surface area (Å²) in [7, 11) is 3.03. The standard InChI is InChI=1S/C20H16N2O3S/c1-24-14-9-7-13(8-10-14)22-17-6-4-3-5-16(17)21-19(22)15-11-12-26-18(15)20(23)25-2/h3-12H,1-2H3. The lowest BCUT2D eigenvalue weighted by atomic mass is 10.2. The summed E-state index contributed by atoms with van der Waals surface area (Å²) >= 11 is 1.35. The van der Waals surface area contributed by atoms with E-state index < -0.39 is 0 Å². The molecule has 0 unspecified atom stereocenters. The second-order valence-electron chi connectivity index (χ2n) is 5.61. The molecule has 4 rings (SSSR count). The first kappa shape index (κ1) is 16.4. The van der Waals surface area contributed by atoms with E-state index in [4.69, 9.17) is 14.5 Å². The van der Waals surface area contributed by atoms with E-state index in [0.717, 1.165) is 28.0 Å². The minimum atomic E-state index is -0.358. The maximum atomic E-state index is 12.1. The molecule has 2 aromatic heterocycles. The van der Waals surface area contributed by atoms with Crippen LogP contribution < -0.4 is 4.74 Å². The second kappa shape index (κ2) is 6.65. The molecule has 0 spiro atoms. The number of fused-ring (bicyclic) bond motifs is 1. The average Bonchev–Trinajstić information content (AvgIpc) is 3.31. The molecule has 0 aliphatic carbocycles. The summed E-state index contributed by atoms with van der Waals surface area (Å²) in [5.41, 5.74) is 3.53. The van der Waals surface area contributed by atoms with Gasteiger partial charge >= 0.3 is 5.97 Å². The molecule has 2 aromatic carbocycles.